The number of likely N-dealkylation sites (tertiary alicyclic amines) is 1. The molecule has 0 saturated carbocycles. The van der Waals surface area contributed by atoms with Gasteiger partial charge >= 0.3 is 0 Å². The number of nitrogens with one attached hydrogen (secondary N) is 1. The van der Waals surface area contributed by atoms with Crippen LogP contribution in [-0.4, -0.2) is 68.8 Å². The van der Waals surface area contributed by atoms with E-state index in [1.54, 1.807) is 36.9 Å². The van der Waals surface area contributed by atoms with Crippen LogP contribution in [-0.2, 0) is 27.3 Å². The number of rotatable bonds is 11. The number of piperidine rings is 1. The fourth-order valence-corrected chi connectivity index (χ4v) is 5.15. The van der Waals surface area contributed by atoms with Gasteiger partial charge < -0.3 is 20.1 Å². The highest BCUT2D eigenvalue weighted by Crippen LogP contribution is 2.25. The van der Waals surface area contributed by atoms with E-state index < -0.39 is 11.2 Å². The van der Waals surface area contributed by atoms with E-state index in [1.165, 1.54) is 10.9 Å². The zero-order chi connectivity index (χ0) is 31.7. The van der Waals surface area contributed by atoms with Gasteiger partial charge in [-0.05, 0) is 69.2 Å². The Morgan fingerprint density at radius 1 is 1.14 bits per heavy atom. The lowest BCUT2D eigenvalue weighted by atomic mass is 9.91. The number of fused-ring (bicyclic) bond motifs is 1. The van der Waals surface area contributed by atoms with Crippen molar-refractivity contribution in [3.8, 4) is 11.8 Å². The number of nitrogens with zero attached hydrogens (tertiary/aromatic N) is 3. The maximum atomic E-state index is 13.2. The smallest absolute Gasteiger partial charge is 0.261 e. The molecule has 2 amide bonds. The minimum Gasteiger partial charge on any atom is -0.388 e. The largest absolute Gasteiger partial charge is 0.388 e. The van der Waals surface area contributed by atoms with Crippen molar-refractivity contribution in [3.63, 3.8) is 0 Å². The fraction of sp³-hybridized carbons (Fsp3) is 0.486. The Morgan fingerprint density at radius 2 is 1.86 bits per heavy atom. The van der Waals surface area contributed by atoms with Gasteiger partial charge in [-0.3, -0.25) is 19.0 Å². The molecule has 1 aliphatic rings. The molecule has 1 aromatic heterocycles. The monoisotopic (exact) mass is 600 g/mol. The predicted octanol–water partition coefficient (Wildman–Crippen LogP) is 3.69. The molecule has 9 heteroatoms. The third-order valence-corrected chi connectivity index (χ3v) is 8.08. The highest BCUT2D eigenvalue weighted by atomic mass is 16.5. The molecular formula is C35H44N4O5. The van der Waals surface area contributed by atoms with Crippen LogP contribution in [0.3, 0.4) is 0 Å². The average Bonchev–Trinajstić information content (AvgIpc) is 3.00. The molecule has 2 heterocycles. The summed E-state index contributed by atoms with van der Waals surface area (Å²) in [5.41, 5.74) is 0.0333. The zero-order valence-electron chi connectivity index (χ0n) is 26.3. The first-order valence-electron chi connectivity index (χ1n) is 15.4. The highest BCUT2D eigenvalue weighted by molar-refractivity contribution is 5.84. The van der Waals surface area contributed by atoms with E-state index in [9.17, 15) is 19.5 Å². The summed E-state index contributed by atoms with van der Waals surface area (Å²) < 4.78 is 7.19. The van der Waals surface area contributed by atoms with Gasteiger partial charge in [0.15, 0.2) is 0 Å². The van der Waals surface area contributed by atoms with Crippen LogP contribution in [0.25, 0.3) is 10.9 Å². The second-order valence-electron chi connectivity index (χ2n) is 12.5. The van der Waals surface area contributed by atoms with Crippen LogP contribution >= 0.6 is 0 Å². The minimum absolute atomic E-state index is 0.0803. The molecule has 3 aromatic rings. The van der Waals surface area contributed by atoms with Gasteiger partial charge in [-0.1, -0.05) is 56.0 Å². The number of carbonyl (C=O) groups excluding carboxylic acids is 2. The van der Waals surface area contributed by atoms with Crippen LogP contribution < -0.4 is 10.9 Å². The van der Waals surface area contributed by atoms with Crippen LogP contribution in [0.5, 0.6) is 0 Å². The molecule has 234 valence electrons. The van der Waals surface area contributed by atoms with Crippen molar-refractivity contribution in [1.82, 2.24) is 19.8 Å². The number of carbonyl (C=O) groups is 2. The van der Waals surface area contributed by atoms with Crippen molar-refractivity contribution in [2.45, 2.75) is 77.5 Å². The van der Waals surface area contributed by atoms with Crippen LogP contribution in [0.4, 0.5) is 0 Å². The number of benzene rings is 2. The number of amides is 2. The number of aromatic nitrogens is 2. The molecule has 44 heavy (non-hydrogen) atoms. The van der Waals surface area contributed by atoms with Crippen LogP contribution in [0, 0.1) is 17.8 Å². The van der Waals surface area contributed by atoms with Gasteiger partial charge in [0, 0.05) is 31.7 Å². The van der Waals surface area contributed by atoms with Crippen molar-refractivity contribution in [3.05, 3.63) is 76.3 Å². The maximum absolute atomic E-state index is 13.2. The van der Waals surface area contributed by atoms with Crippen LogP contribution in [0.2, 0.25) is 0 Å². The molecule has 0 spiro atoms. The number of aryl methyl sites for hydroxylation is 1. The molecular weight excluding hydrogens is 556 g/mol. The lowest BCUT2D eigenvalue weighted by Gasteiger charge is -2.38. The number of hydrogen-bond donors (Lipinski definition) is 2. The quantitative estimate of drug-likeness (QED) is 0.325. The molecule has 2 aromatic carbocycles. The van der Waals surface area contributed by atoms with Crippen LogP contribution in [0.15, 0.2) is 59.7 Å². The number of ether oxygens (including phenoxy) is 1. The summed E-state index contributed by atoms with van der Waals surface area (Å²) in [5, 5.41) is 14.5. The van der Waals surface area contributed by atoms with Crippen LogP contribution in [0.1, 0.15) is 64.5 Å². The average molecular weight is 601 g/mol. The van der Waals surface area contributed by atoms with E-state index in [0.29, 0.717) is 67.8 Å². The van der Waals surface area contributed by atoms with Crippen molar-refractivity contribution in [2.24, 2.45) is 5.92 Å². The standard InChI is InChI=1S/C35H44N4O5/c1-26(2)16-22-44-34(3,4)33(42)36-19-8-11-28-12-14-29-30(23-28)37-25-39(32(29)41)24-35(43)17-20-38(21-18-35)31(40)15-13-27-9-6-5-7-10-27/h5-7,9-10,12,14,23,25-26,43H,13,15-22,24H2,1-4H3,(H,36,42). The molecule has 4 rings (SSSR count). The molecule has 1 saturated heterocycles. The molecule has 9 nitrogen and oxygen atoms in total. The summed E-state index contributed by atoms with van der Waals surface area (Å²) in [6.45, 7) is 9.40. The van der Waals surface area contributed by atoms with Gasteiger partial charge in [0.1, 0.15) is 5.60 Å². The summed E-state index contributed by atoms with van der Waals surface area (Å²) >= 11 is 0. The Bertz CT molecular complexity index is 1560. The summed E-state index contributed by atoms with van der Waals surface area (Å²) in [6.07, 6.45) is 4.24. The first-order valence-corrected chi connectivity index (χ1v) is 15.4. The molecule has 0 unspecified atom stereocenters. The topological polar surface area (TPSA) is 114 Å². The third-order valence-electron chi connectivity index (χ3n) is 8.08. The fourth-order valence-electron chi connectivity index (χ4n) is 5.15. The summed E-state index contributed by atoms with van der Waals surface area (Å²) in [7, 11) is 0. The van der Waals surface area contributed by atoms with Gasteiger partial charge in [0.25, 0.3) is 11.5 Å². The first kappa shape index (κ1) is 32.9. The third kappa shape index (κ3) is 9.01. The first-order chi connectivity index (χ1) is 21.0. The van der Waals surface area contributed by atoms with E-state index in [1.807, 2.05) is 30.3 Å². The van der Waals surface area contributed by atoms with Gasteiger partial charge in [-0.2, -0.15) is 0 Å². The second-order valence-corrected chi connectivity index (χ2v) is 12.5. The van der Waals surface area contributed by atoms with Crippen molar-refractivity contribution < 1.29 is 19.4 Å². The maximum Gasteiger partial charge on any atom is 0.261 e. The SMILES string of the molecule is CC(C)CCOC(C)(C)C(=O)NCC#Cc1ccc2c(=O)n(CC3(O)CCN(C(=O)CCc4ccccc4)CC3)cnc2c1. The molecule has 1 aliphatic heterocycles. The molecule has 1 fully saturated rings. The second kappa shape index (κ2) is 14.7. The number of hydrogen-bond acceptors (Lipinski definition) is 6. The molecule has 0 aliphatic carbocycles. The molecule has 0 bridgehead atoms. The molecule has 0 atom stereocenters. The molecule has 2 N–H and O–H groups in total. The van der Waals surface area contributed by atoms with Crippen molar-refractivity contribution in [2.75, 3.05) is 26.2 Å². The van der Waals surface area contributed by atoms with Crippen molar-refractivity contribution >= 4 is 22.7 Å². The molecule has 0 radical (unpaired) electrons. The lowest BCUT2D eigenvalue weighted by molar-refractivity contribution is -0.142. The zero-order valence-corrected chi connectivity index (χ0v) is 26.3. The van der Waals surface area contributed by atoms with E-state index in [4.69, 9.17) is 4.74 Å². The van der Waals surface area contributed by atoms with E-state index in [0.717, 1.165) is 12.0 Å². The van der Waals surface area contributed by atoms with Gasteiger partial charge in [-0.15, -0.1) is 0 Å². The number of aliphatic hydroxyl groups is 1. The van der Waals surface area contributed by atoms with Crippen molar-refractivity contribution in [1.29, 1.82) is 0 Å². The van der Waals surface area contributed by atoms with E-state index in [-0.39, 0.29) is 30.5 Å². The summed E-state index contributed by atoms with van der Waals surface area (Å²) in [5.74, 6) is 6.32. The van der Waals surface area contributed by atoms with Gasteiger partial charge in [-0.25, -0.2) is 4.98 Å². The van der Waals surface area contributed by atoms with Gasteiger partial charge in [0.2, 0.25) is 5.91 Å². The van der Waals surface area contributed by atoms with Gasteiger partial charge in [0.05, 0.1) is 35.9 Å². The highest BCUT2D eigenvalue weighted by Gasteiger charge is 2.34. The van der Waals surface area contributed by atoms with E-state index in [2.05, 4.69) is 36.0 Å². The predicted molar refractivity (Wildman–Crippen MR) is 171 cm³/mol. The summed E-state index contributed by atoms with van der Waals surface area (Å²) in [6, 6.07) is 15.1. The Kier molecular flexibility index (Phi) is 11.0. The Morgan fingerprint density at radius 3 is 2.57 bits per heavy atom. The normalized spacial score (nSPS) is 14.7. The minimum atomic E-state index is -1.10. The Hall–Kier alpha value is -4.00. The van der Waals surface area contributed by atoms with E-state index >= 15 is 0 Å². The summed E-state index contributed by atoms with van der Waals surface area (Å²) in [4.78, 5) is 44.7. The Labute approximate surface area is 259 Å². The lowest BCUT2D eigenvalue weighted by Crippen LogP contribution is -2.49. The Balaban J connectivity index is 1.30.